The first kappa shape index (κ1) is 6.81. The molecule has 1 nitrogen and oxygen atoms in total. The molecule has 0 amide bonds. The molecule has 0 aliphatic carbocycles. The number of allylic oxidation sites excluding steroid dienone is 1. The van der Waals surface area contributed by atoms with Gasteiger partial charge in [0.1, 0.15) is 0 Å². The van der Waals surface area contributed by atoms with Crippen molar-refractivity contribution < 1.29 is 0 Å². The van der Waals surface area contributed by atoms with Crippen molar-refractivity contribution in [3.05, 3.63) is 19.1 Å². The molecule has 1 aliphatic heterocycles. The van der Waals surface area contributed by atoms with Crippen LogP contribution in [0.5, 0.6) is 0 Å². The molecule has 1 heteroatoms. The second kappa shape index (κ2) is 3.67. The van der Waals surface area contributed by atoms with Gasteiger partial charge in [-0.25, -0.2) is 0 Å². The molecule has 0 spiro atoms. The summed E-state index contributed by atoms with van der Waals surface area (Å²) in [5.74, 6) is 0. The molecule has 1 fully saturated rings. The molecular weight excluding hydrogens is 110 g/mol. The van der Waals surface area contributed by atoms with E-state index in [1.54, 1.807) is 0 Å². The molecule has 1 radical (unpaired) electrons. The molecule has 51 valence electrons. The quantitative estimate of drug-likeness (QED) is 0.539. The third-order valence-electron chi connectivity index (χ3n) is 1.73. The predicted octanol–water partition coefficient (Wildman–Crippen LogP) is 1.47. The SMILES string of the molecule is [CH2]/C=C/CN1CCCC1. The Morgan fingerprint density at radius 1 is 1.33 bits per heavy atom. The third kappa shape index (κ3) is 2.19. The van der Waals surface area contributed by atoms with Crippen molar-refractivity contribution in [2.24, 2.45) is 0 Å². The highest BCUT2D eigenvalue weighted by Gasteiger charge is 2.07. The van der Waals surface area contributed by atoms with Gasteiger partial charge < -0.3 is 0 Å². The Bertz CT molecular complexity index is 90.7. The van der Waals surface area contributed by atoms with Crippen molar-refractivity contribution in [2.45, 2.75) is 12.8 Å². The summed E-state index contributed by atoms with van der Waals surface area (Å²) in [6.07, 6.45) is 6.75. The number of nitrogens with zero attached hydrogens (tertiary/aromatic N) is 1. The number of hydrogen-bond donors (Lipinski definition) is 0. The van der Waals surface area contributed by atoms with E-state index in [1.807, 2.05) is 6.08 Å². The summed E-state index contributed by atoms with van der Waals surface area (Å²) in [4.78, 5) is 2.45. The Balaban J connectivity index is 2.11. The largest absolute Gasteiger partial charge is 0.300 e. The van der Waals surface area contributed by atoms with Gasteiger partial charge in [0.15, 0.2) is 0 Å². The topological polar surface area (TPSA) is 3.24 Å². The van der Waals surface area contributed by atoms with Crippen LogP contribution in [0.25, 0.3) is 0 Å². The number of rotatable bonds is 2. The summed E-state index contributed by atoms with van der Waals surface area (Å²) in [5, 5.41) is 0. The zero-order chi connectivity index (χ0) is 6.53. The molecule has 1 aliphatic rings. The van der Waals surface area contributed by atoms with Crippen LogP contribution < -0.4 is 0 Å². The van der Waals surface area contributed by atoms with Crippen molar-refractivity contribution in [2.75, 3.05) is 19.6 Å². The fourth-order valence-corrected chi connectivity index (χ4v) is 1.19. The minimum Gasteiger partial charge on any atom is -0.300 e. The maximum atomic E-state index is 3.64. The van der Waals surface area contributed by atoms with Crippen molar-refractivity contribution in [1.82, 2.24) is 4.90 Å². The van der Waals surface area contributed by atoms with Crippen LogP contribution in [0.4, 0.5) is 0 Å². The van der Waals surface area contributed by atoms with E-state index >= 15 is 0 Å². The Morgan fingerprint density at radius 2 is 2.00 bits per heavy atom. The van der Waals surface area contributed by atoms with Gasteiger partial charge in [-0.3, -0.25) is 4.90 Å². The van der Waals surface area contributed by atoms with Gasteiger partial charge in [0.2, 0.25) is 0 Å². The van der Waals surface area contributed by atoms with Gasteiger partial charge in [-0.05, 0) is 32.9 Å². The maximum absolute atomic E-state index is 3.64. The van der Waals surface area contributed by atoms with E-state index in [1.165, 1.54) is 25.9 Å². The van der Waals surface area contributed by atoms with Gasteiger partial charge in [-0.2, -0.15) is 0 Å². The molecule has 0 aromatic carbocycles. The molecule has 0 atom stereocenters. The van der Waals surface area contributed by atoms with E-state index in [0.717, 1.165) is 6.54 Å². The minimum atomic E-state index is 1.10. The molecule has 1 rings (SSSR count). The van der Waals surface area contributed by atoms with Crippen LogP contribution >= 0.6 is 0 Å². The molecule has 0 saturated carbocycles. The smallest absolute Gasteiger partial charge is 0.0163 e. The lowest BCUT2D eigenvalue weighted by molar-refractivity contribution is 0.377. The number of likely N-dealkylation sites (tertiary alicyclic amines) is 1. The summed E-state index contributed by atoms with van der Waals surface area (Å²) in [6.45, 7) is 7.30. The van der Waals surface area contributed by atoms with E-state index in [2.05, 4.69) is 17.9 Å². The summed E-state index contributed by atoms with van der Waals surface area (Å²) in [5.41, 5.74) is 0. The minimum absolute atomic E-state index is 1.10. The van der Waals surface area contributed by atoms with Crippen LogP contribution in [0.1, 0.15) is 12.8 Å². The summed E-state index contributed by atoms with van der Waals surface area (Å²) >= 11 is 0. The van der Waals surface area contributed by atoms with E-state index in [-0.39, 0.29) is 0 Å². The van der Waals surface area contributed by atoms with Crippen molar-refractivity contribution >= 4 is 0 Å². The van der Waals surface area contributed by atoms with Gasteiger partial charge in [-0.1, -0.05) is 12.2 Å². The lowest BCUT2D eigenvalue weighted by atomic mass is 10.4. The van der Waals surface area contributed by atoms with E-state index in [9.17, 15) is 0 Å². The molecule has 0 unspecified atom stereocenters. The zero-order valence-corrected chi connectivity index (χ0v) is 5.84. The maximum Gasteiger partial charge on any atom is 0.0163 e. The second-order valence-corrected chi connectivity index (χ2v) is 2.48. The Kier molecular flexibility index (Phi) is 2.78. The van der Waals surface area contributed by atoms with Crippen LogP contribution in [0.2, 0.25) is 0 Å². The van der Waals surface area contributed by atoms with Crippen LogP contribution in [0, 0.1) is 6.92 Å². The lowest BCUT2D eigenvalue weighted by Crippen LogP contribution is -2.18. The molecule has 1 heterocycles. The highest BCUT2D eigenvalue weighted by Crippen LogP contribution is 2.05. The van der Waals surface area contributed by atoms with E-state index in [0.29, 0.717) is 0 Å². The zero-order valence-electron chi connectivity index (χ0n) is 5.84. The fraction of sp³-hybridized carbons (Fsp3) is 0.625. The molecule has 9 heavy (non-hydrogen) atoms. The highest BCUT2D eigenvalue weighted by atomic mass is 15.1. The van der Waals surface area contributed by atoms with E-state index in [4.69, 9.17) is 0 Å². The third-order valence-corrected chi connectivity index (χ3v) is 1.73. The van der Waals surface area contributed by atoms with Crippen molar-refractivity contribution in [3.8, 4) is 0 Å². The first-order valence-corrected chi connectivity index (χ1v) is 3.60. The predicted molar refractivity (Wildman–Crippen MR) is 40.2 cm³/mol. The van der Waals surface area contributed by atoms with Crippen molar-refractivity contribution in [1.29, 1.82) is 0 Å². The summed E-state index contributed by atoms with van der Waals surface area (Å²) in [6, 6.07) is 0. The Morgan fingerprint density at radius 3 is 2.56 bits per heavy atom. The average molecular weight is 124 g/mol. The Hall–Kier alpha value is -0.300. The standard InChI is InChI=1S/C8H14N/c1-2-3-6-9-7-4-5-8-9/h2-3H,1,4-8H2/b3-2+. The molecular formula is C8H14N. The van der Waals surface area contributed by atoms with Crippen molar-refractivity contribution in [3.63, 3.8) is 0 Å². The summed E-state index contributed by atoms with van der Waals surface area (Å²) < 4.78 is 0. The van der Waals surface area contributed by atoms with Gasteiger partial charge >= 0.3 is 0 Å². The normalized spacial score (nSPS) is 21.9. The molecule has 1 saturated heterocycles. The van der Waals surface area contributed by atoms with Gasteiger partial charge in [0, 0.05) is 6.54 Å². The highest BCUT2D eigenvalue weighted by molar-refractivity contribution is 4.87. The van der Waals surface area contributed by atoms with Crippen LogP contribution in [0.3, 0.4) is 0 Å². The number of hydrogen-bond acceptors (Lipinski definition) is 1. The van der Waals surface area contributed by atoms with Crippen LogP contribution in [0.15, 0.2) is 12.2 Å². The molecule has 0 N–H and O–H groups in total. The molecule has 0 aromatic rings. The fourth-order valence-electron chi connectivity index (χ4n) is 1.19. The molecule has 0 aromatic heterocycles. The van der Waals surface area contributed by atoms with Gasteiger partial charge in [0.25, 0.3) is 0 Å². The summed E-state index contributed by atoms with van der Waals surface area (Å²) in [7, 11) is 0. The average Bonchev–Trinajstić information content (AvgIpc) is 2.34. The molecule has 0 bridgehead atoms. The lowest BCUT2D eigenvalue weighted by Gasteiger charge is -2.09. The van der Waals surface area contributed by atoms with Crippen LogP contribution in [-0.2, 0) is 0 Å². The second-order valence-electron chi connectivity index (χ2n) is 2.48. The Labute approximate surface area is 57.4 Å². The van der Waals surface area contributed by atoms with Crippen LogP contribution in [-0.4, -0.2) is 24.5 Å². The monoisotopic (exact) mass is 124 g/mol. The first-order valence-electron chi connectivity index (χ1n) is 3.60. The van der Waals surface area contributed by atoms with Gasteiger partial charge in [0.05, 0.1) is 0 Å². The van der Waals surface area contributed by atoms with E-state index < -0.39 is 0 Å². The first-order chi connectivity index (χ1) is 4.43. The van der Waals surface area contributed by atoms with Gasteiger partial charge in [-0.15, -0.1) is 0 Å².